The van der Waals surface area contributed by atoms with Crippen molar-refractivity contribution in [3.8, 4) is 33.9 Å². The Hall–Kier alpha value is -4.86. The van der Waals surface area contributed by atoms with Crippen LogP contribution in [-0.4, -0.2) is 41.0 Å². The molecule has 178 valence electrons. The third-order valence-corrected chi connectivity index (χ3v) is 5.87. The number of furan rings is 1. The Morgan fingerprint density at radius 1 is 1.06 bits per heavy atom. The first-order valence-corrected chi connectivity index (χ1v) is 11.4. The molecule has 6 heterocycles. The summed E-state index contributed by atoms with van der Waals surface area (Å²) >= 11 is 0. The minimum Gasteiger partial charge on any atom is -0.472 e. The second-order valence-corrected chi connectivity index (χ2v) is 9.51. The molecule has 0 unspecified atom stereocenters. The summed E-state index contributed by atoms with van der Waals surface area (Å²) < 4.78 is 5.25. The van der Waals surface area contributed by atoms with Gasteiger partial charge in [-0.1, -0.05) is 20.8 Å². The number of carbonyl (C=O) groups excluding carboxylic acids is 1. The van der Waals surface area contributed by atoms with Gasteiger partial charge in [-0.3, -0.25) is 19.9 Å². The summed E-state index contributed by atoms with van der Waals surface area (Å²) in [6.45, 7) is 5.59. The van der Waals surface area contributed by atoms with Gasteiger partial charge in [0.15, 0.2) is 11.5 Å². The third kappa shape index (κ3) is 3.78. The minimum atomic E-state index is -0.516. The number of amides is 1. The molecule has 0 saturated carbocycles. The van der Waals surface area contributed by atoms with Crippen molar-refractivity contribution in [3.63, 3.8) is 0 Å². The zero-order valence-electron chi connectivity index (χ0n) is 19.8. The zero-order valence-corrected chi connectivity index (χ0v) is 19.8. The minimum absolute atomic E-state index is 0.0877. The number of rotatable bonds is 4. The molecule has 36 heavy (non-hydrogen) atoms. The van der Waals surface area contributed by atoms with Crippen LogP contribution in [0.5, 0.6) is 0 Å². The number of hydrogen-bond acceptors (Lipinski definition) is 7. The lowest BCUT2D eigenvalue weighted by Crippen LogP contribution is -2.27. The molecule has 6 aromatic heterocycles. The van der Waals surface area contributed by atoms with Crippen molar-refractivity contribution < 1.29 is 9.21 Å². The Labute approximate surface area is 205 Å². The summed E-state index contributed by atoms with van der Waals surface area (Å²) in [6, 6.07) is 7.59. The molecule has 0 radical (unpaired) electrons. The summed E-state index contributed by atoms with van der Waals surface area (Å²) in [5, 5.41) is 11.3. The van der Waals surface area contributed by atoms with E-state index in [9.17, 15) is 4.79 Å². The van der Waals surface area contributed by atoms with Gasteiger partial charge >= 0.3 is 0 Å². The summed E-state index contributed by atoms with van der Waals surface area (Å²) in [4.78, 5) is 33.7. The van der Waals surface area contributed by atoms with Crippen molar-refractivity contribution in [2.75, 3.05) is 5.32 Å². The molecule has 6 rings (SSSR count). The van der Waals surface area contributed by atoms with E-state index in [4.69, 9.17) is 4.42 Å². The van der Waals surface area contributed by atoms with E-state index >= 15 is 0 Å². The molecular weight excluding hydrogens is 456 g/mol. The molecule has 0 spiro atoms. The lowest BCUT2D eigenvalue weighted by atomic mass is 9.95. The van der Waals surface area contributed by atoms with Gasteiger partial charge in [0.05, 0.1) is 47.3 Å². The average molecular weight is 479 g/mol. The molecule has 0 aromatic carbocycles. The third-order valence-electron chi connectivity index (χ3n) is 5.87. The second kappa shape index (κ2) is 8.12. The van der Waals surface area contributed by atoms with Gasteiger partial charge in [0, 0.05) is 39.9 Å². The van der Waals surface area contributed by atoms with Crippen LogP contribution in [0.3, 0.4) is 0 Å². The fourth-order valence-corrected chi connectivity index (χ4v) is 3.90. The molecule has 0 aliphatic rings. The van der Waals surface area contributed by atoms with E-state index in [1.165, 1.54) is 0 Å². The van der Waals surface area contributed by atoms with E-state index in [0.29, 0.717) is 28.5 Å². The SMILES string of the molecule is CC(C)(C)C(=O)Nc1cncc(-c2cc3c(-c4nc5nccc(-c6ccoc6)c5[nH]4)n[nH]c3cn2)c1. The van der Waals surface area contributed by atoms with E-state index < -0.39 is 5.41 Å². The van der Waals surface area contributed by atoms with Crippen LogP contribution in [-0.2, 0) is 4.79 Å². The predicted octanol–water partition coefficient (Wildman–Crippen LogP) is 5.20. The highest BCUT2D eigenvalue weighted by Gasteiger charge is 2.22. The molecule has 3 N–H and O–H groups in total. The van der Waals surface area contributed by atoms with Gasteiger partial charge in [-0.15, -0.1) is 0 Å². The van der Waals surface area contributed by atoms with Crippen molar-refractivity contribution in [2.24, 2.45) is 5.41 Å². The number of imidazole rings is 1. The van der Waals surface area contributed by atoms with E-state index in [0.717, 1.165) is 33.1 Å². The van der Waals surface area contributed by atoms with E-state index in [2.05, 4.69) is 40.4 Å². The monoisotopic (exact) mass is 478 g/mol. The summed E-state index contributed by atoms with van der Waals surface area (Å²) in [7, 11) is 0. The largest absolute Gasteiger partial charge is 0.472 e. The number of anilines is 1. The number of nitrogens with one attached hydrogen (secondary N) is 3. The molecule has 0 aliphatic carbocycles. The molecule has 0 bridgehead atoms. The maximum absolute atomic E-state index is 12.4. The van der Waals surface area contributed by atoms with Gasteiger partial charge in [-0.25, -0.2) is 9.97 Å². The Morgan fingerprint density at radius 2 is 1.94 bits per heavy atom. The molecule has 0 fully saturated rings. The number of carbonyl (C=O) groups is 1. The first-order valence-electron chi connectivity index (χ1n) is 11.4. The standard InChI is InChI=1S/C26H22N8O2/c1-26(2,3)25(35)30-16-8-15(10-27-11-16)19-9-18-20(12-29-19)33-34-22(18)24-31-21-17(14-5-7-36-13-14)4-6-28-23(21)32-24/h4-13H,1-3H3,(H,30,35)(H,33,34)(H,28,31,32). The first-order chi connectivity index (χ1) is 17.4. The van der Waals surface area contributed by atoms with Crippen molar-refractivity contribution in [1.82, 2.24) is 35.1 Å². The number of aromatic amines is 2. The predicted molar refractivity (Wildman–Crippen MR) is 136 cm³/mol. The van der Waals surface area contributed by atoms with Gasteiger partial charge in [-0.05, 0) is 24.3 Å². The Morgan fingerprint density at radius 3 is 2.75 bits per heavy atom. The highest BCUT2D eigenvalue weighted by Crippen LogP contribution is 2.32. The van der Waals surface area contributed by atoms with Gasteiger partial charge < -0.3 is 14.7 Å². The summed E-state index contributed by atoms with van der Waals surface area (Å²) in [5.41, 5.74) is 6.22. The number of H-pyrrole nitrogens is 2. The van der Waals surface area contributed by atoms with Crippen LogP contribution in [0.2, 0.25) is 0 Å². The van der Waals surface area contributed by atoms with E-state index in [1.54, 1.807) is 37.3 Å². The number of pyridine rings is 3. The number of nitrogens with zero attached hydrogens (tertiary/aromatic N) is 5. The van der Waals surface area contributed by atoms with Crippen LogP contribution in [0.15, 0.2) is 66.0 Å². The number of hydrogen-bond donors (Lipinski definition) is 3. The molecule has 10 nitrogen and oxygen atoms in total. The molecule has 0 atom stereocenters. The Kier molecular flexibility index (Phi) is 4.89. The van der Waals surface area contributed by atoms with E-state index in [1.807, 2.05) is 45.0 Å². The van der Waals surface area contributed by atoms with Crippen LogP contribution < -0.4 is 5.32 Å². The van der Waals surface area contributed by atoms with Gasteiger partial charge in [0.2, 0.25) is 5.91 Å². The van der Waals surface area contributed by atoms with Gasteiger partial charge in [-0.2, -0.15) is 5.10 Å². The van der Waals surface area contributed by atoms with Crippen LogP contribution in [0.25, 0.3) is 56.0 Å². The fraction of sp³-hybridized carbons (Fsp3) is 0.154. The van der Waals surface area contributed by atoms with Crippen LogP contribution >= 0.6 is 0 Å². The number of fused-ring (bicyclic) bond motifs is 2. The first kappa shape index (κ1) is 21.7. The highest BCUT2D eigenvalue weighted by molar-refractivity contribution is 5.97. The second-order valence-electron chi connectivity index (χ2n) is 9.51. The zero-order chi connectivity index (χ0) is 24.9. The van der Waals surface area contributed by atoms with Crippen LogP contribution in [0.4, 0.5) is 5.69 Å². The molecule has 0 aliphatic heterocycles. The molecule has 10 heteroatoms. The topological polar surface area (TPSA) is 138 Å². The average Bonchev–Trinajstić information content (AvgIpc) is 3.62. The van der Waals surface area contributed by atoms with Crippen molar-refractivity contribution in [3.05, 3.63) is 61.6 Å². The lowest BCUT2D eigenvalue weighted by molar-refractivity contribution is -0.123. The lowest BCUT2D eigenvalue weighted by Gasteiger charge is -2.17. The Bertz CT molecular complexity index is 1720. The quantitative estimate of drug-likeness (QED) is 0.316. The fourth-order valence-electron chi connectivity index (χ4n) is 3.90. The van der Waals surface area contributed by atoms with Crippen molar-refractivity contribution in [1.29, 1.82) is 0 Å². The maximum atomic E-state index is 12.4. The maximum Gasteiger partial charge on any atom is 0.229 e. The van der Waals surface area contributed by atoms with Crippen molar-refractivity contribution in [2.45, 2.75) is 20.8 Å². The normalized spacial score (nSPS) is 11.9. The van der Waals surface area contributed by atoms with Gasteiger partial charge in [0.1, 0.15) is 5.69 Å². The van der Waals surface area contributed by atoms with Gasteiger partial charge in [0.25, 0.3) is 0 Å². The van der Waals surface area contributed by atoms with Crippen LogP contribution in [0.1, 0.15) is 20.8 Å². The molecule has 0 saturated heterocycles. The summed E-state index contributed by atoms with van der Waals surface area (Å²) in [6.07, 6.45) is 10.1. The number of aromatic nitrogens is 7. The molecular formula is C26H22N8O2. The van der Waals surface area contributed by atoms with E-state index in [-0.39, 0.29) is 5.91 Å². The molecule has 6 aromatic rings. The summed E-state index contributed by atoms with van der Waals surface area (Å²) in [5.74, 6) is 0.497. The highest BCUT2D eigenvalue weighted by atomic mass is 16.3. The smallest absolute Gasteiger partial charge is 0.229 e. The Balaban J connectivity index is 1.40. The van der Waals surface area contributed by atoms with Crippen molar-refractivity contribution >= 4 is 33.7 Å². The van der Waals surface area contributed by atoms with Crippen LogP contribution in [0, 0.1) is 5.41 Å². The molecule has 1 amide bonds.